The molecule has 0 fully saturated rings. The van der Waals surface area contributed by atoms with Crippen molar-refractivity contribution in [1.29, 1.82) is 0 Å². The number of benzene rings is 1. The monoisotopic (exact) mass is 292 g/mol. The lowest BCUT2D eigenvalue weighted by molar-refractivity contribution is 0.0737. The molecule has 1 amide bonds. The van der Waals surface area contributed by atoms with Gasteiger partial charge in [0.25, 0.3) is 5.91 Å². The Hall–Kier alpha value is -2.69. The average molecular weight is 292 g/mol. The number of imidazole rings is 1. The Morgan fingerprint density at radius 3 is 2.86 bits per heavy atom. The topological polar surface area (TPSA) is 50.5 Å². The number of aryl methyl sites for hydroxylation is 1. The van der Waals surface area contributed by atoms with Gasteiger partial charge in [0.1, 0.15) is 0 Å². The lowest BCUT2D eigenvalue weighted by atomic mass is 10.0. The number of rotatable bonds is 1. The van der Waals surface area contributed by atoms with Crippen molar-refractivity contribution in [3.05, 3.63) is 65.6 Å². The molecule has 2 aromatic heterocycles. The van der Waals surface area contributed by atoms with Crippen LogP contribution in [0.25, 0.3) is 5.65 Å². The molecule has 110 valence electrons. The maximum Gasteiger partial charge on any atom is 0.274 e. The van der Waals surface area contributed by atoms with E-state index in [0.29, 0.717) is 17.9 Å². The number of carbonyl (C=O) groups excluding carboxylic acids is 1. The molecule has 0 bridgehead atoms. The molecule has 1 aliphatic heterocycles. The first kappa shape index (κ1) is 13.0. The fraction of sp³-hybridized carbons (Fsp3) is 0.235. The molecule has 0 N–H and O–H groups in total. The molecule has 0 saturated heterocycles. The minimum atomic E-state index is -0.0112. The predicted molar refractivity (Wildman–Crippen MR) is 82.5 cm³/mol. The smallest absolute Gasteiger partial charge is 0.274 e. The van der Waals surface area contributed by atoms with E-state index in [1.165, 1.54) is 11.1 Å². The third-order valence-corrected chi connectivity index (χ3v) is 4.14. The van der Waals surface area contributed by atoms with Gasteiger partial charge in [-0.25, -0.2) is 9.50 Å². The summed E-state index contributed by atoms with van der Waals surface area (Å²) in [5, 5.41) is 4.23. The molecular formula is C17H16N4O. The highest BCUT2D eigenvalue weighted by molar-refractivity contribution is 5.93. The summed E-state index contributed by atoms with van der Waals surface area (Å²) in [7, 11) is 0. The molecule has 22 heavy (non-hydrogen) atoms. The highest BCUT2D eigenvalue weighted by atomic mass is 16.2. The first-order valence-corrected chi connectivity index (χ1v) is 7.48. The maximum absolute atomic E-state index is 12.9. The van der Waals surface area contributed by atoms with Crippen LogP contribution in [0.5, 0.6) is 0 Å². The number of hydrogen-bond acceptors (Lipinski definition) is 3. The van der Waals surface area contributed by atoms with E-state index in [1.807, 2.05) is 23.1 Å². The first-order valence-electron chi connectivity index (χ1n) is 7.48. The van der Waals surface area contributed by atoms with Crippen molar-refractivity contribution in [3.8, 4) is 0 Å². The lowest BCUT2D eigenvalue weighted by Crippen LogP contribution is -2.31. The summed E-state index contributed by atoms with van der Waals surface area (Å²) in [4.78, 5) is 19.0. The predicted octanol–water partition coefficient (Wildman–Crippen LogP) is 2.32. The van der Waals surface area contributed by atoms with Gasteiger partial charge in [-0.2, -0.15) is 5.10 Å². The van der Waals surface area contributed by atoms with E-state index in [-0.39, 0.29) is 5.91 Å². The fourth-order valence-electron chi connectivity index (χ4n) is 3.01. The van der Waals surface area contributed by atoms with Crippen LogP contribution in [0.2, 0.25) is 0 Å². The molecular weight excluding hydrogens is 276 g/mol. The first-order chi connectivity index (χ1) is 10.8. The van der Waals surface area contributed by atoms with Gasteiger partial charge in [0.05, 0.1) is 6.20 Å². The zero-order valence-electron chi connectivity index (χ0n) is 12.1. The van der Waals surface area contributed by atoms with Gasteiger partial charge in [-0.15, -0.1) is 0 Å². The zero-order chi connectivity index (χ0) is 14.9. The minimum Gasteiger partial charge on any atom is -0.333 e. The lowest BCUT2D eigenvalue weighted by Gasteiger charge is -2.20. The molecule has 3 aromatic rings. The van der Waals surface area contributed by atoms with Gasteiger partial charge in [0, 0.05) is 19.3 Å². The van der Waals surface area contributed by atoms with Crippen LogP contribution in [0, 0.1) is 0 Å². The van der Waals surface area contributed by atoms with Crippen molar-refractivity contribution in [2.24, 2.45) is 0 Å². The molecule has 0 saturated carbocycles. The Balaban J connectivity index is 1.68. The number of amides is 1. The SMILES string of the molecule is O=C(c1cnc2cccnn12)N1CCCc2ccccc2C1. The maximum atomic E-state index is 12.9. The molecule has 3 heterocycles. The number of fused-ring (bicyclic) bond motifs is 2. The summed E-state index contributed by atoms with van der Waals surface area (Å²) < 4.78 is 1.61. The third kappa shape index (κ3) is 2.15. The number of nitrogens with zero attached hydrogens (tertiary/aromatic N) is 4. The minimum absolute atomic E-state index is 0.0112. The van der Waals surface area contributed by atoms with Gasteiger partial charge < -0.3 is 4.90 Å². The molecule has 0 unspecified atom stereocenters. The molecule has 4 rings (SSSR count). The van der Waals surface area contributed by atoms with Gasteiger partial charge in [0.15, 0.2) is 11.3 Å². The van der Waals surface area contributed by atoms with Crippen LogP contribution in [0.15, 0.2) is 48.8 Å². The molecule has 0 spiro atoms. The quantitative estimate of drug-likeness (QED) is 0.691. The Morgan fingerprint density at radius 1 is 1.09 bits per heavy atom. The second-order valence-electron chi connectivity index (χ2n) is 5.54. The van der Waals surface area contributed by atoms with Crippen LogP contribution >= 0.6 is 0 Å². The Morgan fingerprint density at radius 2 is 1.95 bits per heavy atom. The number of carbonyl (C=O) groups is 1. The summed E-state index contributed by atoms with van der Waals surface area (Å²) in [6.45, 7) is 1.41. The van der Waals surface area contributed by atoms with Crippen molar-refractivity contribution in [2.45, 2.75) is 19.4 Å². The summed E-state index contributed by atoms with van der Waals surface area (Å²) in [5.74, 6) is -0.0112. The van der Waals surface area contributed by atoms with E-state index in [4.69, 9.17) is 0 Å². The molecule has 5 heteroatoms. The molecule has 5 nitrogen and oxygen atoms in total. The van der Waals surface area contributed by atoms with E-state index >= 15 is 0 Å². The molecule has 0 radical (unpaired) electrons. The summed E-state index contributed by atoms with van der Waals surface area (Å²) in [6.07, 6.45) is 5.28. The third-order valence-electron chi connectivity index (χ3n) is 4.14. The number of hydrogen-bond donors (Lipinski definition) is 0. The van der Waals surface area contributed by atoms with Crippen LogP contribution in [0.4, 0.5) is 0 Å². The van der Waals surface area contributed by atoms with E-state index in [0.717, 1.165) is 19.4 Å². The van der Waals surface area contributed by atoms with Crippen molar-refractivity contribution in [2.75, 3.05) is 6.54 Å². The van der Waals surface area contributed by atoms with Crippen molar-refractivity contribution >= 4 is 11.6 Å². The van der Waals surface area contributed by atoms with Crippen LogP contribution in [0.1, 0.15) is 28.0 Å². The van der Waals surface area contributed by atoms with Crippen LogP contribution in [-0.2, 0) is 13.0 Å². The summed E-state index contributed by atoms with van der Waals surface area (Å²) in [6, 6.07) is 12.0. The standard InChI is InChI=1S/C17H16N4O/c22-17(15-11-18-16-8-3-9-19-21(15)16)20-10-4-7-13-5-1-2-6-14(13)12-20/h1-3,5-6,8-9,11H,4,7,10,12H2. The van der Waals surface area contributed by atoms with Gasteiger partial charge in [-0.05, 0) is 36.1 Å². The molecule has 0 aliphatic carbocycles. The highest BCUT2D eigenvalue weighted by Crippen LogP contribution is 2.20. The second kappa shape index (κ2) is 5.26. The van der Waals surface area contributed by atoms with E-state index in [1.54, 1.807) is 16.9 Å². The Kier molecular flexibility index (Phi) is 3.11. The summed E-state index contributed by atoms with van der Waals surface area (Å²) in [5.41, 5.74) is 3.79. The van der Waals surface area contributed by atoms with Crippen LogP contribution < -0.4 is 0 Å². The molecule has 0 atom stereocenters. The van der Waals surface area contributed by atoms with Crippen molar-refractivity contribution in [3.63, 3.8) is 0 Å². The normalized spacial score (nSPS) is 14.6. The van der Waals surface area contributed by atoms with E-state index in [9.17, 15) is 4.79 Å². The highest BCUT2D eigenvalue weighted by Gasteiger charge is 2.23. The van der Waals surface area contributed by atoms with E-state index < -0.39 is 0 Å². The average Bonchev–Trinajstić information content (AvgIpc) is 2.86. The molecule has 1 aromatic carbocycles. The molecule has 1 aliphatic rings. The number of aromatic nitrogens is 3. The van der Waals surface area contributed by atoms with Gasteiger partial charge in [0.2, 0.25) is 0 Å². The van der Waals surface area contributed by atoms with Gasteiger partial charge >= 0.3 is 0 Å². The van der Waals surface area contributed by atoms with Crippen molar-refractivity contribution < 1.29 is 4.79 Å². The van der Waals surface area contributed by atoms with Gasteiger partial charge in [-0.3, -0.25) is 4.79 Å². The zero-order valence-corrected chi connectivity index (χ0v) is 12.1. The summed E-state index contributed by atoms with van der Waals surface area (Å²) >= 11 is 0. The fourth-order valence-corrected chi connectivity index (χ4v) is 3.01. The van der Waals surface area contributed by atoms with Gasteiger partial charge in [-0.1, -0.05) is 24.3 Å². The van der Waals surface area contributed by atoms with E-state index in [2.05, 4.69) is 28.3 Å². The second-order valence-corrected chi connectivity index (χ2v) is 5.54. The largest absolute Gasteiger partial charge is 0.333 e. The Labute approximate surface area is 128 Å². The van der Waals surface area contributed by atoms with Crippen LogP contribution in [0.3, 0.4) is 0 Å². The Bertz CT molecular complexity index is 839. The van der Waals surface area contributed by atoms with Crippen LogP contribution in [-0.4, -0.2) is 31.9 Å². The van der Waals surface area contributed by atoms with Crippen molar-refractivity contribution in [1.82, 2.24) is 19.5 Å².